The van der Waals surface area contributed by atoms with Crippen molar-refractivity contribution in [2.24, 2.45) is 0 Å². The summed E-state index contributed by atoms with van der Waals surface area (Å²) in [5.41, 5.74) is 4.73. The SMILES string of the molecule is Cc1c(-c2cc(Sc3ccccc3C#N)c3c(C#N)cnn3c2)cnn1C1CCN(C(=O)N(C)C)CC1. The lowest BCUT2D eigenvalue weighted by Crippen LogP contribution is -2.44. The molecule has 9 nitrogen and oxygen atoms in total. The number of pyridine rings is 1. The molecule has 0 saturated carbocycles. The summed E-state index contributed by atoms with van der Waals surface area (Å²) in [4.78, 5) is 17.5. The summed E-state index contributed by atoms with van der Waals surface area (Å²) in [6.45, 7) is 3.46. The van der Waals surface area contributed by atoms with Crippen LogP contribution >= 0.6 is 11.8 Å². The van der Waals surface area contributed by atoms with E-state index in [0.717, 1.165) is 39.5 Å². The molecule has 1 saturated heterocycles. The van der Waals surface area contributed by atoms with Crippen LogP contribution in [-0.4, -0.2) is 62.4 Å². The van der Waals surface area contributed by atoms with Gasteiger partial charge in [0.2, 0.25) is 0 Å². The van der Waals surface area contributed by atoms with Crippen LogP contribution in [0.4, 0.5) is 4.79 Å². The van der Waals surface area contributed by atoms with Gasteiger partial charge in [-0.3, -0.25) is 4.68 Å². The third-order valence-electron chi connectivity index (χ3n) is 6.74. The van der Waals surface area contributed by atoms with Gasteiger partial charge >= 0.3 is 6.03 Å². The molecule has 4 heterocycles. The van der Waals surface area contributed by atoms with Crippen molar-refractivity contribution in [1.82, 2.24) is 29.2 Å². The van der Waals surface area contributed by atoms with Crippen molar-refractivity contribution in [2.75, 3.05) is 27.2 Å². The molecule has 4 aromatic rings. The fraction of sp³-hybridized carbons (Fsp3) is 0.296. The number of nitrogens with zero attached hydrogens (tertiary/aromatic N) is 8. The summed E-state index contributed by atoms with van der Waals surface area (Å²) in [6, 6.07) is 14.2. The maximum Gasteiger partial charge on any atom is 0.319 e. The zero-order chi connectivity index (χ0) is 26.1. The Bertz CT molecular complexity index is 1560. The van der Waals surface area contributed by atoms with Gasteiger partial charge in [0, 0.05) is 60.0 Å². The number of hydrogen-bond acceptors (Lipinski definition) is 6. The van der Waals surface area contributed by atoms with Crippen LogP contribution in [0.5, 0.6) is 0 Å². The van der Waals surface area contributed by atoms with E-state index < -0.39 is 0 Å². The molecule has 0 radical (unpaired) electrons. The Morgan fingerprint density at radius 3 is 2.49 bits per heavy atom. The molecule has 10 heteroatoms. The molecule has 1 fully saturated rings. The number of carbonyl (C=O) groups is 1. The highest BCUT2D eigenvalue weighted by Crippen LogP contribution is 2.38. The molecule has 0 spiro atoms. The molecule has 186 valence electrons. The maximum absolute atomic E-state index is 12.3. The highest BCUT2D eigenvalue weighted by atomic mass is 32.2. The summed E-state index contributed by atoms with van der Waals surface area (Å²) in [7, 11) is 3.56. The standard InChI is InChI=1S/C27H26N8OS/c1-18-23(16-31-35(18)22-8-10-33(11-9-22)27(36)32(2)3)20-12-25(26-21(14-29)15-30-34(26)17-20)37-24-7-5-4-6-19(24)13-28/h4-7,12,15-17,22H,8-11H2,1-3H3. The minimum Gasteiger partial charge on any atom is -0.331 e. The van der Waals surface area contributed by atoms with Gasteiger partial charge in [-0.1, -0.05) is 23.9 Å². The number of benzene rings is 1. The zero-order valence-electron chi connectivity index (χ0n) is 20.9. The fourth-order valence-electron chi connectivity index (χ4n) is 4.82. The van der Waals surface area contributed by atoms with Gasteiger partial charge < -0.3 is 9.80 Å². The number of urea groups is 1. The highest BCUT2D eigenvalue weighted by molar-refractivity contribution is 7.99. The molecule has 2 amide bonds. The summed E-state index contributed by atoms with van der Waals surface area (Å²) in [5.74, 6) is 0. The van der Waals surface area contributed by atoms with Crippen LogP contribution in [0, 0.1) is 29.6 Å². The predicted octanol–water partition coefficient (Wildman–Crippen LogP) is 4.72. The van der Waals surface area contributed by atoms with Crippen LogP contribution in [0.25, 0.3) is 16.6 Å². The molecule has 1 aliphatic heterocycles. The van der Waals surface area contributed by atoms with Crippen LogP contribution in [0.2, 0.25) is 0 Å². The van der Waals surface area contributed by atoms with E-state index in [9.17, 15) is 15.3 Å². The molecule has 0 atom stereocenters. The van der Waals surface area contributed by atoms with Crippen molar-refractivity contribution in [3.63, 3.8) is 0 Å². The fourth-order valence-corrected chi connectivity index (χ4v) is 5.91. The molecule has 0 bridgehead atoms. The second kappa shape index (κ2) is 10.00. The van der Waals surface area contributed by atoms with Gasteiger partial charge in [-0.05, 0) is 38.0 Å². The summed E-state index contributed by atoms with van der Waals surface area (Å²) >= 11 is 1.45. The van der Waals surface area contributed by atoms with Gasteiger partial charge in [0.05, 0.1) is 35.1 Å². The number of carbonyl (C=O) groups excluding carboxylic acids is 1. The molecular weight excluding hydrogens is 484 g/mol. The number of piperidine rings is 1. The van der Waals surface area contributed by atoms with E-state index >= 15 is 0 Å². The van der Waals surface area contributed by atoms with E-state index in [-0.39, 0.29) is 12.1 Å². The van der Waals surface area contributed by atoms with E-state index in [0.29, 0.717) is 29.7 Å². The monoisotopic (exact) mass is 510 g/mol. The van der Waals surface area contributed by atoms with Gasteiger partial charge in [-0.15, -0.1) is 0 Å². The molecule has 0 unspecified atom stereocenters. The molecular formula is C27H26N8OS. The number of rotatable bonds is 4. The number of amides is 2. The first-order valence-corrected chi connectivity index (χ1v) is 12.8. The number of likely N-dealkylation sites (tertiary alicyclic amines) is 1. The number of fused-ring (bicyclic) bond motifs is 1. The van der Waals surface area contributed by atoms with E-state index in [4.69, 9.17) is 5.10 Å². The lowest BCUT2D eigenvalue weighted by Gasteiger charge is -2.34. The Kier molecular flexibility index (Phi) is 6.60. The summed E-state index contributed by atoms with van der Waals surface area (Å²) in [6.07, 6.45) is 7.05. The van der Waals surface area contributed by atoms with Gasteiger partial charge in [-0.25, -0.2) is 9.31 Å². The lowest BCUT2D eigenvalue weighted by atomic mass is 10.0. The Morgan fingerprint density at radius 2 is 1.78 bits per heavy atom. The highest BCUT2D eigenvalue weighted by Gasteiger charge is 2.27. The minimum atomic E-state index is 0.0450. The largest absolute Gasteiger partial charge is 0.331 e. The second-order valence-corrected chi connectivity index (χ2v) is 10.3. The van der Waals surface area contributed by atoms with Crippen molar-refractivity contribution in [3.05, 3.63) is 65.7 Å². The Balaban J connectivity index is 1.49. The first kappa shape index (κ1) is 24.4. The van der Waals surface area contributed by atoms with Crippen LogP contribution in [0.3, 0.4) is 0 Å². The average Bonchev–Trinajstić information content (AvgIpc) is 3.51. The van der Waals surface area contributed by atoms with E-state index in [2.05, 4.69) is 28.8 Å². The minimum absolute atomic E-state index is 0.0450. The molecule has 1 aliphatic rings. The molecule has 1 aromatic carbocycles. The first-order valence-electron chi connectivity index (χ1n) is 12.0. The Labute approximate surface area is 219 Å². The van der Waals surface area contributed by atoms with Crippen LogP contribution in [0.15, 0.2) is 58.7 Å². The van der Waals surface area contributed by atoms with E-state index in [1.165, 1.54) is 11.8 Å². The van der Waals surface area contributed by atoms with Gasteiger partial charge in [-0.2, -0.15) is 20.7 Å². The maximum atomic E-state index is 12.3. The molecule has 37 heavy (non-hydrogen) atoms. The molecule has 0 N–H and O–H groups in total. The summed E-state index contributed by atoms with van der Waals surface area (Å²) in [5, 5.41) is 28.4. The predicted molar refractivity (Wildman–Crippen MR) is 140 cm³/mol. The molecule has 3 aromatic heterocycles. The van der Waals surface area contributed by atoms with Crippen LogP contribution < -0.4 is 0 Å². The number of hydrogen-bond donors (Lipinski definition) is 0. The van der Waals surface area contributed by atoms with Gasteiger partial charge in [0.1, 0.15) is 12.1 Å². The molecule has 0 aliphatic carbocycles. The third kappa shape index (κ3) is 4.52. The number of aromatic nitrogens is 4. The Hall–Kier alpha value is -4.28. The van der Waals surface area contributed by atoms with Gasteiger partial charge in [0.15, 0.2) is 0 Å². The van der Waals surface area contributed by atoms with Gasteiger partial charge in [0.25, 0.3) is 0 Å². The first-order chi connectivity index (χ1) is 17.9. The van der Waals surface area contributed by atoms with Crippen LogP contribution in [0.1, 0.15) is 35.7 Å². The normalized spacial score (nSPS) is 13.9. The lowest BCUT2D eigenvalue weighted by molar-refractivity contribution is 0.146. The summed E-state index contributed by atoms with van der Waals surface area (Å²) < 4.78 is 3.80. The van der Waals surface area contributed by atoms with E-state index in [1.54, 1.807) is 35.8 Å². The quantitative estimate of drug-likeness (QED) is 0.393. The second-order valence-electron chi connectivity index (χ2n) is 9.25. The van der Waals surface area contributed by atoms with E-state index in [1.807, 2.05) is 41.6 Å². The van der Waals surface area contributed by atoms with Crippen molar-refractivity contribution in [2.45, 2.75) is 35.6 Å². The third-order valence-corrected chi connectivity index (χ3v) is 7.85. The topological polar surface area (TPSA) is 106 Å². The number of nitriles is 2. The molecule has 5 rings (SSSR count). The smallest absolute Gasteiger partial charge is 0.319 e. The van der Waals surface area contributed by atoms with Crippen molar-refractivity contribution >= 4 is 23.3 Å². The zero-order valence-corrected chi connectivity index (χ0v) is 21.7. The Morgan fingerprint density at radius 1 is 1.05 bits per heavy atom. The van der Waals surface area contributed by atoms with Crippen molar-refractivity contribution < 1.29 is 4.79 Å². The van der Waals surface area contributed by atoms with Crippen molar-refractivity contribution in [1.29, 1.82) is 10.5 Å². The average molecular weight is 511 g/mol. The van der Waals surface area contributed by atoms with Crippen molar-refractivity contribution in [3.8, 4) is 23.3 Å². The van der Waals surface area contributed by atoms with Crippen LogP contribution in [-0.2, 0) is 0 Å².